The Morgan fingerprint density at radius 1 is 1.19 bits per heavy atom. The average Bonchev–Trinajstić information content (AvgIpc) is 2.88. The standard InChI is InChI=1S/C17H23NO3/c1-11-9-14(15(10-11)17(20)21)16(19)18(3)12(2)13-7-5-4-6-8-13/h4-8,11-12,14-15H,9-10H2,1-3H3,(H,20,21). The fraction of sp³-hybridized carbons (Fsp3) is 0.529. The van der Waals surface area contributed by atoms with E-state index in [9.17, 15) is 14.7 Å². The number of aliphatic carboxylic acids is 1. The first kappa shape index (κ1) is 15.5. The Balaban J connectivity index is 2.13. The molecule has 0 heterocycles. The van der Waals surface area contributed by atoms with E-state index in [1.54, 1.807) is 11.9 Å². The van der Waals surface area contributed by atoms with Crippen LogP contribution in [0.15, 0.2) is 30.3 Å². The monoisotopic (exact) mass is 289 g/mol. The molecule has 1 aliphatic rings. The number of carboxylic acid groups (broad SMARTS) is 1. The van der Waals surface area contributed by atoms with Gasteiger partial charge in [-0.2, -0.15) is 0 Å². The molecule has 1 aliphatic carbocycles. The molecule has 1 aromatic rings. The van der Waals surface area contributed by atoms with Gasteiger partial charge in [0.25, 0.3) is 0 Å². The summed E-state index contributed by atoms with van der Waals surface area (Å²) in [6.45, 7) is 3.99. The molecule has 1 saturated carbocycles. The average molecular weight is 289 g/mol. The van der Waals surface area contributed by atoms with Gasteiger partial charge < -0.3 is 10.0 Å². The summed E-state index contributed by atoms with van der Waals surface area (Å²) in [5.41, 5.74) is 1.06. The number of nitrogens with zero attached hydrogens (tertiary/aromatic N) is 1. The van der Waals surface area contributed by atoms with Crippen molar-refractivity contribution in [1.29, 1.82) is 0 Å². The molecule has 1 amide bonds. The van der Waals surface area contributed by atoms with Gasteiger partial charge >= 0.3 is 5.97 Å². The van der Waals surface area contributed by atoms with Gasteiger partial charge in [0.15, 0.2) is 0 Å². The number of hydrogen-bond acceptors (Lipinski definition) is 2. The number of carbonyl (C=O) groups excluding carboxylic acids is 1. The van der Waals surface area contributed by atoms with Crippen molar-refractivity contribution in [3.63, 3.8) is 0 Å². The summed E-state index contributed by atoms with van der Waals surface area (Å²) in [6, 6.07) is 9.76. The first-order valence-corrected chi connectivity index (χ1v) is 7.46. The van der Waals surface area contributed by atoms with Crippen LogP contribution in [-0.4, -0.2) is 28.9 Å². The zero-order valence-electron chi connectivity index (χ0n) is 12.8. The van der Waals surface area contributed by atoms with Gasteiger partial charge in [-0.05, 0) is 31.2 Å². The topological polar surface area (TPSA) is 57.6 Å². The third-order valence-corrected chi connectivity index (χ3v) is 4.64. The SMILES string of the molecule is CC1CC(C(=O)O)C(C(=O)N(C)C(C)c2ccccc2)C1. The Morgan fingerprint density at radius 2 is 1.76 bits per heavy atom. The van der Waals surface area contributed by atoms with Gasteiger partial charge in [-0.1, -0.05) is 37.3 Å². The summed E-state index contributed by atoms with van der Waals surface area (Å²) in [4.78, 5) is 25.7. The Labute approximate surface area is 125 Å². The molecule has 21 heavy (non-hydrogen) atoms. The summed E-state index contributed by atoms with van der Waals surface area (Å²) < 4.78 is 0. The molecule has 1 aromatic carbocycles. The largest absolute Gasteiger partial charge is 0.481 e. The van der Waals surface area contributed by atoms with Crippen LogP contribution in [0.4, 0.5) is 0 Å². The van der Waals surface area contributed by atoms with Crippen molar-refractivity contribution in [1.82, 2.24) is 4.90 Å². The summed E-state index contributed by atoms with van der Waals surface area (Å²) in [5.74, 6) is -1.55. The van der Waals surface area contributed by atoms with Crippen molar-refractivity contribution >= 4 is 11.9 Å². The first-order chi connectivity index (χ1) is 9.91. The fourth-order valence-electron chi connectivity index (χ4n) is 3.25. The molecule has 0 spiro atoms. The predicted molar refractivity (Wildman–Crippen MR) is 80.6 cm³/mol. The molecule has 4 heteroatoms. The Kier molecular flexibility index (Phi) is 4.66. The van der Waals surface area contributed by atoms with Crippen LogP contribution in [0.3, 0.4) is 0 Å². The second kappa shape index (κ2) is 6.29. The zero-order valence-corrected chi connectivity index (χ0v) is 12.8. The highest BCUT2D eigenvalue weighted by molar-refractivity contribution is 5.85. The highest BCUT2D eigenvalue weighted by Gasteiger charge is 2.42. The number of hydrogen-bond donors (Lipinski definition) is 1. The van der Waals surface area contributed by atoms with E-state index >= 15 is 0 Å². The summed E-state index contributed by atoms with van der Waals surface area (Å²) in [6.07, 6.45) is 1.26. The summed E-state index contributed by atoms with van der Waals surface area (Å²) >= 11 is 0. The van der Waals surface area contributed by atoms with Crippen LogP contribution >= 0.6 is 0 Å². The molecule has 0 aromatic heterocycles. The van der Waals surface area contributed by atoms with Crippen molar-refractivity contribution in [2.75, 3.05) is 7.05 Å². The van der Waals surface area contributed by atoms with Gasteiger partial charge in [-0.15, -0.1) is 0 Å². The highest BCUT2D eigenvalue weighted by Crippen LogP contribution is 2.38. The number of amides is 1. The van der Waals surface area contributed by atoms with E-state index in [1.165, 1.54) is 0 Å². The zero-order chi connectivity index (χ0) is 15.6. The molecular formula is C17H23NO3. The second-order valence-electron chi connectivity index (χ2n) is 6.16. The first-order valence-electron chi connectivity index (χ1n) is 7.46. The maximum atomic E-state index is 12.7. The van der Waals surface area contributed by atoms with Gasteiger partial charge in [-0.25, -0.2) is 0 Å². The number of carboxylic acids is 1. The molecule has 4 nitrogen and oxygen atoms in total. The van der Waals surface area contributed by atoms with E-state index in [1.807, 2.05) is 44.2 Å². The Hall–Kier alpha value is -1.84. The summed E-state index contributed by atoms with van der Waals surface area (Å²) in [7, 11) is 1.77. The van der Waals surface area contributed by atoms with Crippen LogP contribution in [-0.2, 0) is 9.59 Å². The van der Waals surface area contributed by atoms with E-state index in [0.717, 1.165) is 5.56 Å². The van der Waals surface area contributed by atoms with Crippen molar-refractivity contribution < 1.29 is 14.7 Å². The van der Waals surface area contributed by atoms with Crippen molar-refractivity contribution in [2.45, 2.75) is 32.7 Å². The Morgan fingerprint density at radius 3 is 2.33 bits per heavy atom. The lowest BCUT2D eigenvalue weighted by atomic mass is 9.94. The maximum absolute atomic E-state index is 12.7. The Bertz CT molecular complexity index is 514. The molecule has 1 N–H and O–H groups in total. The normalized spacial score (nSPS) is 26.3. The lowest BCUT2D eigenvalue weighted by Gasteiger charge is -2.29. The van der Waals surface area contributed by atoms with Gasteiger partial charge in [-0.3, -0.25) is 9.59 Å². The molecular weight excluding hydrogens is 266 g/mol. The molecule has 4 atom stereocenters. The van der Waals surface area contributed by atoms with Gasteiger partial charge in [0.05, 0.1) is 17.9 Å². The molecule has 2 rings (SSSR count). The molecule has 0 radical (unpaired) electrons. The third kappa shape index (κ3) is 3.26. The smallest absolute Gasteiger partial charge is 0.307 e. The van der Waals surface area contributed by atoms with Crippen LogP contribution in [0.25, 0.3) is 0 Å². The molecule has 0 bridgehead atoms. The van der Waals surface area contributed by atoms with E-state index < -0.39 is 17.8 Å². The summed E-state index contributed by atoms with van der Waals surface area (Å²) in [5, 5.41) is 9.32. The van der Waals surface area contributed by atoms with Crippen LogP contribution < -0.4 is 0 Å². The maximum Gasteiger partial charge on any atom is 0.307 e. The predicted octanol–water partition coefficient (Wildman–Crippen LogP) is 2.95. The lowest BCUT2D eigenvalue weighted by Crippen LogP contribution is -2.38. The minimum Gasteiger partial charge on any atom is -0.481 e. The minimum atomic E-state index is -0.849. The minimum absolute atomic E-state index is 0.0518. The van der Waals surface area contributed by atoms with Crippen LogP contribution in [0.2, 0.25) is 0 Å². The van der Waals surface area contributed by atoms with Crippen molar-refractivity contribution in [2.24, 2.45) is 17.8 Å². The van der Waals surface area contributed by atoms with Gasteiger partial charge in [0, 0.05) is 7.05 Å². The quantitative estimate of drug-likeness (QED) is 0.927. The van der Waals surface area contributed by atoms with Gasteiger partial charge in [0.2, 0.25) is 5.91 Å². The van der Waals surface area contributed by atoms with Crippen LogP contribution in [0.5, 0.6) is 0 Å². The third-order valence-electron chi connectivity index (χ3n) is 4.64. The van der Waals surface area contributed by atoms with E-state index in [-0.39, 0.29) is 11.9 Å². The molecule has 0 aliphatic heterocycles. The number of carbonyl (C=O) groups is 2. The van der Waals surface area contributed by atoms with Crippen LogP contribution in [0.1, 0.15) is 38.3 Å². The lowest BCUT2D eigenvalue weighted by molar-refractivity contribution is -0.149. The van der Waals surface area contributed by atoms with E-state index in [2.05, 4.69) is 0 Å². The number of benzene rings is 1. The molecule has 0 saturated heterocycles. The van der Waals surface area contributed by atoms with E-state index in [4.69, 9.17) is 0 Å². The molecule has 4 unspecified atom stereocenters. The second-order valence-corrected chi connectivity index (χ2v) is 6.16. The van der Waals surface area contributed by atoms with Gasteiger partial charge in [0.1, 0.15) is 0 Å². The highest BCUT2D eigenvalue weighted by atomic mass is 16.4. The molecule has 1 fully saturated rings. The molecule has 114 valence electrons. The van der Waals surface area contributed by atoms with Crippen molar-refractivity contribution in [3.05, 3.63) is 35.9 Å². The van der Waals surface area contributed by atoms with E-state index in [0.29, 0.717) is 18.8 Å². The number of rotatable bonds is 4. The van der Waals surface area contributed by atoms with Crippen molar-refractivity contribution in [3.8, 4) is 0 Å². The van der Waals surface area contributed by atoms with Crippen LogP contribution in [0, 0.1) is 17.8 Å². The fourth-order valence-corrected chi connectivity index (χ4v) is 3.25.